The van der Waals surface area contributed by atoms with Gasteiger partial charge in [0.25, 0.3) is 0 Å². The number of nitrogens with one attached hydrogen (secondary N) is 1. The average molecular weight is 418 g/mol. The van der Waals surface area contributed by atoms with E-state index < -0.39 is 11.5 Å². The van der Waals surface area contributed by atoms with Crippen LogP contribution in [0.25, 0.3) is 11.1 Å². The fourth-order valence-electron chi connectivity index (χ4n) is 4.70. The average Bonchev–Trinajstić information content (AvgIpc) is 3.09. The van der Waals surface area contributed by atoms with E-state index in [-0.39, 0.29) is 23.8 Å². The number of pyridine rings is 1. The van der Waals surface area contributed by atoms with Gasteiger partial charge in [-0.15, -0.1) is 0 Å². The molecule has 1 aromatic heterocycles. The zero-order valence-electron chi connectivity index (χ0n) is 17.1. The van der Waals surface area contributed by atoms with E-state index in [4.69, 9.17) is 9.47 Å². The summed E-state index contributed by atoms with van der Waals surface area (Å²) >= 11 is 0. The van der Waals surface area contributed by atoms with E-state index in [1.54, 1.807) is 11.1 Å². The normalized spacial score (nSPS) is 28.6. The second-order valence-corrected chi connectivity index (χ2v) is 8.26. The number of hydrogen-bond donors (Lipinski definition) is 1. The van der Waals surface area contributed by atoms with Gasteiger partial charge in [0.15, 0.2) is 0 Å². The van der Waals surface area contributed by atoms with Crippen LogP contribution in [-0.4, -0.2) is 49.4 Å². The molecule has 5 rings (SSSR count). The minimum absolute atomic E-state index is 0.155. The Kier molecular flexibility index (Phi) is 4.63. The van der Waals surface area contributed by atoms with Gasteiger partial charge in [-0.3, -0.25) is 14.7 Å². The van der Waals surface area contributed by atoms with Crippen molar-refractivity contribution in [2.45, 2.75) is 18.4 Å². The fraction of sp³-hybridized carbons (Fsp3) is 0.391. The second kappa shape index (κ2) is 7.36. The molecule has 1 saturated carbocycles. The first-order chi connectivity index (χ1) is 15.0. The summed E-state index contributed by atoms with van der Waals surface area (Å²) in [6.07, 6.45) is 1.01. The molecule has 3 heterocycles. The van der Waals surface area contributed by atoms with Crippen molar-refractivity contribution in [2.24, 2.45) is 11.8 Å². The smallest absolute Gasteiger partial charge is 0.414 e. The number of carbonyl (C=O) groups excluding carboxylic acids is 2. The van der Waals surface area contributed by atoms with Gasteiger partial charge in [-0.1, -0.05) is 18.2 Å². The maximum absolute atomic E-state index is 12.2. The number of cyclic esters (lactones) is 1. The molecule has 0 spiro atoms. The summed E-state index contributed by atoms with van der Waals surface area (Å²) in [5.74, 6) is 0.354. The first-order valence-corrected chi connectivity index (χ1v) is 10.3. The van der Waals surface area contributed by atoms with Gasteiger partial charge in [0.1, 0.15) is 11.5 Å². The number of ether oxygens (including phenoxy) is 2. The molecular weight excluding hydrogens is 396 g/mol. The Hall–Kier alpha value is -3.44. The Morgan fingerprint density at radius 3 is 2.55 bits per heavy atom. The molecule has 1 aromatic carbocycles. The van der Waals surface area contributed by atoms with E-state index in [1.165, 1.54) is 6.92 Å². The van der Waals surface area contributed by atoms with Gasteiger partial charge in [0, 0.05) is 36.2 Å². The van der Waals surface area contributed by atoms with Crippen LogP contribution in [-0.2, 0) is 19.7 Å². The number of hydrogen-bond acceptors (Lipinski definition) is 6. The third kappa shape index (κ3) is 3.22. The number of amides is 2. The highest BCUT2D eigenvalue weighted by Gasteiger charge is 2.70. The van der Waals surface area contributed by atoms with Gasteiger partial charge in [-0.25, -0.2) is 4.79 Å². The molecule has 2 amide bonds. The highest BCUT2D eigenvalue weighted by Crippen LogP contribution is 2.62. The Labute approximate surface area is 179 Å². The summed E-state index contributed by atoms with van der Waals surface area (Å²) < 4.78 is 10.7. The zero-order chi connectivity index (χ0) is 21.6. The van der Waals surface area contributed by atoms with Gasteiger partial charge < -0.3 is 14.8 Å². The number of nitrogens with zero attached hydrogens (tertiary/aromatic N) is 3. The van der Waals surface area contributed by atoms with Crippen molar-refractivity contribution in [3.8, 4) is 17.2 Å². The quantitative estimate of drug-likeness (QED) is 0.799. The van der Waals surface area contributed by atoms with Gasteiger partial charge in [0.2, 0.25) is 5.91 Å². The van der Waals surface area contributed by atoms with Crippen LogP contribution < -0.4 is 10.2 Å². The number of carbonyl (C=O) groups is 2. The van der Waals surface area contributed by atoms with Crippen LogP contribution in [0.1, 0.15) is 12.6 Å². The second-order valence-electron chi connectivity index (χ2n) is 8.26. The first kappa shape index (κ1) is 19.5. The summed E-state index contributed by atoms with van der Waals surface area (Å²) in [4.78, 5) is 29.4. The lowest BCUT2D eigenvalue weighted by molar-refractivity contribution is -0.119. The molecule has 3 aliphatic rings. The van der Waals surface area contributed by atoms with Crippen molar-refractivity contribution in [2.75, 3.05) is 31.2 Å². The summed E-state index contributed by atoms with van der Waals surface area (Å²) in [6, 6.07) is 14.0. The van der Waals surface area contributed by atoms with Crippen LogP contribution >= 0.6 is 0 Å². The molecule has 2 saturated heterocycles. The summed E-state index contributed by atoms with van der Waals surface area (Å²) in [5.41, 5.74) is 2.97. The van der Waals surface area contributed by atoms with Crippen molar-refractivity contribution in [3.63, 3.8) is 0 Å². The Morgan fingerprint density at radius 2 is 1.94 bits per heavy atom. The maximum Gasteiger partial charge on any atom is 0.414 e. The minimum Gasteiger partial charge on any atom is -0.442 e. The Morgan fingerprint density at radius 1 is 1.23 bits per heavy atom. The molecular formula is C23H22N4O4. The lowest BCUT2D eigenvalue weighted by atomic mass is 9.96. The predicted molar refractivity (Wildman–Crippen MR) is 111 cm³/mol. The Bertz CT molecular complexity index is 1050. The molecule has 1 aliphatic carbocycles. The molecule has 4 atom stereocenters. The predicted octanol–water partition coefficient (Wildman–Crippen LogP) is 2.25. The zero-order valence-corrected chi connectivity index (χ0v) is 17.1. The van der Waals surface area contributed by atoms with Crippen molar-refractivity contribution < 1.29 is 19.1 Å². The molecule has 2 aliphatic heterocycles. The third-order valence-corrected chi connectivity index (χ3v) is 6.48. The van der Waals surface area contributed by atoms with Crippen LogP contribution in [0, 0.1) is 23.2 Å². The molecule has 0 radical (unpaired) electrons. The topological polar surface area (TPSA) is 105 Å². The van der Waals surface area contributed by atoms with Crippen LogP contribution in [0.15, 0.2) is 42.6 Å². The summed E-state index contributed by atoms with van der Waals surface area (Å²) in [5, 5.41) is 12.4. The van der Waals surface area contributed by atoms with Crippen LogP contribution in [0.3, 0.4) is 0 Å². The number of nitriles is 1. The fourth-order valence-corrected chi connectivity index (χ4v) is 4.70. The molecule has 1 N–H and O–H groups in total. The van der Waals surface area contributed by atoms with Crippen LogP contribution in [0.5, 0.6) is 0 Å². The highest BCUT2D eigenvalue weighted by molar-refractivity contribution is 5.90. The van der Waals surface area contributed by atoms with E-state index in [0.29, 0.717) is 26.3 Å². The summed E-state index contributed by atoms with van der Waals surface area (Å²) in [6.45, 7) is 3.38. The van der Waals surface area contributed by atoms with Crippen molar-refractivity contribution in [1.82, 2.24) is 10.3 Å². The lowest BCUT2D eigenvalue weighted by Crippen LogP contribution is -2.33. The van der Waals surface area contributed by atoms with Gasteiger partial charge >= 0.3 is 6.09 Å². The molecule has 158 valence electrons. The molecule has 0 unspecified atom stereocenters. The molecule has 3 fully saturated rings. The number of rotatable bonds is 5. The van der Waals surface area contributed by atoms with Crippen molar-refractivity contribution >= 4 is 17.7 Å². The summed E-state index contributed by atoms with van der Waals surface area (Å²) in [7, 11) is 0. The molecule has 31 heavy (non-hydrogen) atoms. The third-order valence-electron chi connectivity index (χ3n) is 6.48. The largest absolute Gasteiger partial charge is 0.442 e. The molecule has 0 bridgehead atoms. The first-order valence-electron chi connectivity index (χ1n) is 10.3. The lowest BCUT2D eigenvalue weighted by Gasteiger charge is -2.14. The van der Waals surface area contributed by atoms with E-state index in [2.05, 4.69) is 16.4 Å². The minimum atomic E-state index is -0.495. The van der Waals surface area contributed by atoms with Crippen molar-refractivity contribution in [3.05, 3.63) is 48.3 Å². The standard InChI is InChI=1S/C23H22N4O4/c1-14(28)25-9-18-10-27(22(29)31-18)17-5-2-15(3-6-17)16-4-7-21(26-8-16)23(13-24)19-11-30-12-20(19)23/h2-8,18-20H,9-12H2,1H3,(H,25,28)/t18-,19-,20+,23+/m0/s1. The molecule has 2 aromatic rings. The number of fused-ring (bicyclic) bond motifs is 1. The van der Waals surface area contributed by atoms with E-state index in [9.17, 15) is 14.9 Å². The number of aromatic nitrogens is 1. The van der Waals surface area contributed by atoms with E-state index in [1.807, 2.05) is 36.4 Å². The number of anilines is 1. The Balaban J connectivity index is 1.28. The van der Waals surface area contributed by atoms with Crippen molar-refractivity contribution in [1.29, 1.82) is 5.26 Å². The SMILES string of the molecule is CC(=O)NC[C@H]1CN(c2ccc(-c3ccc([C@@]4(C#N)[C@@H]5COC[C@@H]54)nc3)cc2)C(=O)O1. The van der Waals surface area contributed by atoms with Gasteiger partial charge in [-0.05, 0) is 23.8 Å². The highest BCUT2D eigenvalue weighted by atomic mass is 16.6. The van der Waals surface area contributed by atoms with Gasteiger partial charge in [0.05, 0.1) is 38.1 Å². The maximum atomic E-state index is 12.2. The number of benzene rings is 1. The monoisotopic (exact) mass is 418 g/mol. The van der Waals surface area contributed by atoms with Crippen LogP contribution in [0.2, 0.25) is 0 Å². The van der Waals surface area contributed by atoms with E-state index in [0.717, 1.165) is 22.5 Å². The molecule has 8 heteroatoms. The van der Waals surface area contributed by atoms with Crippen LogP contribution in [0.4, 0.5) is 10.5 Å². The van der Waals surface area contributed by atoms with Gasteiger partial charge in [-0.2, -0.15) is 5.26 Å². The molecule has 8 nitrogen and oxygen atoms in total. The van der Waals surface area contributed by atoms with E-state index >= 15 is 0 Å².